The molecule has 3 N–H and O–H groups in total. The quantitative estimate of drug-likeness (QED) is 0.0924. The first-order valence-electron chi connectivity index (χ1n) is 19.3. The normalized spacial score (nSPS) is 19.2. The number of carbonyl (C=O) groups excluding carboxylic acids is 1. The van der Waals surface area contributed by atoms with Crippen LogP contribution in [0.5, 0.6) is 0 Å². The average molecular weight is 771 g/mol. The molecule has 0 radical (unpaired) electrons. The molecule has 0 unspecified atom stereocenters. The second-order valence-corrected chi connectivity index (χ2v) is 21.8. The van der Waals surface area contributed by atoms with Crippen LogP contribution in [-0.2, 0) is 40.6 Å². The summed E-state index contributed by atoms with van der Waals surface area (Å²) in [5.74, 6) is 0.304. The van der Waals surface area contributed by atoms with Crippen LogP contribution in [0.3, 0.4) is 0 Å². The fraction of sp³-hybridized carbons (Fsp3) is 0.513. The minimum absolute atomic E-state index is 0.232. The first-order chi connectivity index (χ1) is 26.4. The second kappa shape index (κ2) is 16.1. The van der Waals surface area contributed by atoms with E-state index in [4.69, 9.17) is 24.5 Å². The number of nitrogens with zero attached hydrogens (tertiary/aromatic N) is 8. The molecule has 0 spiro atoms. The zero-order valence-electron chi connectivity index (χ0n) is 32.7. The third-order valence-electron chi connectivity index (χ3n) is 11.0. The van der Waals surface area contributed by atoms with Crippen LogP contribution >= 0.6 is 0 Å². The predicted molar refractivity (Wildman–Crippen MR) is 215 cm³/mol. The van der Waals surface area contributed by atoms with Crippen molar-refractivity contribution in [2.45, 2.75) is 84.2 Å². The molecule has 2 aromatic carbocycles. The Morgan fingerprint density at radius 1 is 0.982 bits per heavy atom. The molecule has 0 aliphatic carbocycles. The highest BCUT2D eigenvalue weighted by Gasteiger charge is 2.44. The van der Waals surface area contributed by atoms with Crippen molar-refractivity contribution in [3.8, 4) is 0 Å². The summed E-state index contributed by atoms with van der Waals surface area (Å²) in [4.78, 5) is 41.5. The number of benzene rings is 2. The van der Waals surface area contributed by atoms with Gasteiger partial charge in [-0.3, -0.25) is 10.2 Å². The van der Waals surface area contributed by atoms with E-state index in [9.17, 15) is 14.7 Å². The van der Waals surface area contributed by atoms with Crippen LogP contribution in [0.4, 0.5) is 22.2 Å². The molecule has 4 aromatic rings. The van der Waals surface area contributed by atoms with E-state index in [1.807, 2.05) is 41.2 Å². The highest BCUT2D eigenvalue weighted by Crippen LogP contribution is 2.36. The number of hydrogen-bond acceptors (Lipinski definition) is 12. The molecule has 1 amide bonds. The molecule has 3 aliphatic rings. The number of aryl methyl sites for hydroxylation is 1. The summed E-state index contributed by atoms with van der Waals surface area (Å²) >= 11 is 0. The van der Waals surface area contributed by atoms with Crippen LogP contribution in [0, 0.1) is 6.92 Å². The lowest BCUT2D eigenvalue weighted by molar-refractivity contribution is -0.150. The Morgan fingerprint density at radius 2 is 1.76 bits per heavy atom. The Bertz CT molecular complexity index is 2000. The van der Waals surface area contributed by atoms with E-state index in [0.29, 0.717) is 58.4 Å². The summed E-state index contributed by atoms with van der Waals surface area (Å²) in [5, 5.41) is 17.5. The molecular weight excluding hydrogens is 717 g/mol. The number of carbonyl (C=O) groups is 2. The zero-order chi connectivity index (χ0) is 38.7. The van der Waals surface area contributed by atoms with E-state index in [-0.39, 0.29) is 12.7 Å². The summed E-state index contributed by atoms with van der Waals surface area (Å²) in [6.45, 7) is 16.3. The van der Waals surface area contributed by atoms with Gasteiger partial charge in [-0.25, -0.2) is 19.5 Å². The monoisotopic (exact) mass is 770 g/mol. The molecule has 7 rings (SSSR count). The van der Waals surface area contributed by atoms with Gasteiger partial charge in [-0.1, -0.05) is 56.0 Å². The Labute approximate surface area is 323 Å². The van der Waals surface area contributed by atoms with Gasteiger partial charge in [0.25, 0.3) is 0 Å². The third kappa shape index (κ3) is 8.56. The highest BCUT2D eigenvalue weighted by molar-refractivity contribution is 6.76. The summed E-state index contributed by atoms with van der Waals surface area (Å²) in [5.41, 5.74) is 11.5. The Kier molecular flexibility index (Phi) is 11.3. The summed E-state index contributed by atoms with van der Waals surface area (Å²) in [6.07, 6.45) is 3.63. The Balaban J connectivity index is 1.11. The molecule has 0 bridgehead atoms. The van der Waals surface area contributed by atoms with Crippen molar-refractivity contribution in [3.63, 3.8) is 0 Å². The lowest BCUT2D eigenvalue weighted by Crippen LogP contribution is -2.56. The lowest BCUT2D eigenvalue weighted by Gasteiger charge is -2.38. The van der Waals surface area contributed by atoms with Crippen molar-refractivity contribution in [1.29, 1.82) is 0 Å². The number of nitrogens with one attached hydrogen (secondary N) is 2. The molecule has 15 nitrogen and oxygen atoms in total. The number of hydrazine groups is 2. The van der Waals surface area contributed by atoms with E-state index in [2.05, 4.69) is 59.5 Å². The molecule has 2 saturated heterocycles. The number of carboxylic acid groups (broad SMARTS) is 1. The lowest BCUT2D eigenvalue weighted by atomic mass is 10.0. The van der Waals surface area contributed by atoms with Crippen LogP contribution in [0.15, 0.2) is 48.7 Å². The van der Waals surface area contributed by atoms with Crippen molar-refractivity contribution in [2.24, 2.45) is 0 Å². The van der Waals surface area contributed by atoms with Gasteiger partial charge in [0.15, 0.2) is 0 Å². The largest absolute Gasteiger partial charge is 0.480 e. The van der Waals surface area contributed by atoms with Gasteiger partial charge in [0, 0.05) is 64.9 Å². The molecule has 2 aromatic heterocycles. The maximum Gasteiger partial charge on any atom is 0.410 e. The van der Waals surface area contributed by atoms with Crippen molar-refractivity contribution in [1.82, 2.24) is 35.2 Å². The second-order valence-electron chi connectivity index (χ2n) is 16.2. The number of ether oxygens (including phenoxy) is 2. The first-order valence-corrected chi connectivity index (χ1v) is 23.0. The van der Waals surface area contributed by atoms with Crippen LogP contribution in [0.25, 0.3) is 10.9 Å². The fourth-order valence-corrected chi connectivity index (χ4v) is 8.37. The van der Waals surface area contributed by atoms with Gasteiger partial charge in [0.05, 0.1) is 29.6 Å². The maximum atomic E-state index is 13.0. The highest BCUT2D eigenvalue weighted by atomic mass is 28.3. The molecule has 294 valence electrons. The molecule has 3 aliphatic heterocycles. The van der Waals surface area contributed by atoms with Crippen molar-refractivity contribution in [2.75, 3.05) is 61.1 Å². The zero-order valence-corrected chi connectivity index (χ0v) is 33.7. The van der Waals surface area contributed by atoms with Crippen LogP contribution in [0.2, 0.25) is 25.7 Å². The smallest absolute Gasteiger partial charge is 0.410 e. The van der Waals surface area contributed by atoms with E-state index in [1.165, 1.54) is 0 Å². The minimum Gasteiger partial charge on any atom is -0.480 e. The molecule has 0 saturated carbocycles. The summed E-state index contributed by atoms with van der Waals surface area (Å²) < 4.78 is 13.6. The standard InChI is InChI=1S/C39H54N10O5Si/c1-28-12-13-33-31(24-40-48(33)27-53-22-23-55(3,4)5)34(28)47-17-14-30-32(25-47)41-37(43-44-49-16-9-15-39(49,2)36(50)51)42-35(30)45-18-20-46(21-19-45)38(52)54-26-29-10-7-6-8-11-29/h6-8,10-13,24,44H,9,14-23,25-27H2,1-5H3,(H,50,51)(H,41,42,43)/t39-/m0/s1. The van der Waals surface area contributed by atoms with Crippen molar-refractivity contribution >= 4 is 48.5 Å². The van der Waals surface area contributed by atoms with Crippen molar-refractivity contribution < 1.29 is 24.2 Å². The molecular formula is C39H54N10O5Si. The maximum absolute atomic E-state index is 13.0. The van der Waals surface area contributed by atoms with Gasteiger partial charge in [-0.15, -0.1) is 0 Å². The van der Waals surface area contributed by atoms with Gasteiger partial charge in [-0.2, -0.15) is 15.6 Å². The van der Waals surface area contributed by atoms with E-state index in [1.54, 1.807) is 16.8 Å². The summed E-state index contributed by atoms with van der Waals surface area (Å²) in [7, 11) is -1.20. The SMILES string of the molecule is Cc1ccc2c(cnn2COCC[Si](C)(C)C)c1N1CCc2c(nc(NNN3CCC[C@@]3(C)C(=O)O)nc2N2CCN(C(=O)OCc3ccccc3)CC2)C1. The van der Waals surface area contributed by atoms with E-state index in [0.717, 1.165) is 76.8 Å². The average Bonchev–Trinajstić information content (AvgIpc) is 3.77. The van der Waals surface area contributed by atoms with E-state index >= 15 is 0 Å². The molecule has 1 atom stereocenters. The number of rotatable bonds is 13. The molecule has 5 heterocycles. The number of aliphatic carboxylic acids is 1. The number of carboxylic acids is 1. The predicted octanol–water partition coefficient (Wildman–Crippen LogP) is 5.24. The van der Waals surface area contributed by atoms with Crippen LogP contribution < -0.4 is 20.8 Å². The number of fused-ring (bicyclic) bond motifs is 2. The summed E-state index contributed by atoms with van der Waals surface area (Å²) in [6, 6.07) is 15.1. The van der Waals surface area contributed by atoms with Crippen LogP contribution in [-0.4, -0.2) is 106 Å². The van der Waals surface area contributed by atoms with Gasteiger partial charge in [-0.05, 0) is 56.3 Å². The fourth-order valence-electron chi connectivity index (χ4n) is 7.61. The Morgan fingerprint density at radius 3 is 2.51 bits per heavy atom. The van der Waals surface area contributed by atoms with Gasteiger partial charge in [0.2, 0.25) is 5.95 Å². The topological polar surface area (TPSA) is 153 Å². The number of piperazine rings is 1. The minimum atomic E-state index is -1.20. The number of aromatic nitrogens is 4. The van der Waals surface area contributed by atoms with Gasteiger partial charge < -0.3 is 29.3 Å². The van der Waals surface area contributed by atoms with Gasteiger partial charge >= 0.3 is 12.1 Å². The molecule has 2 fully saturated rings. The van der Waals surface area contributed by atoms with Crippen molar-refractivity contribution in [3.05, 3.63) is 71.0 Å². The van der Waals surface area contributed by atoms with E-state index < -0.39 is 19.6 Å². The number of amides is 1. The third-order valence-corrected chi connectivity index (χ3v) is 12.7. The molecule has 16 heteroatoms. The Hall–Kier alpha value is -4.77. The number of anilines is 3. The molecule has 55 heavy (non-hydrogen) atoms. The van der Waals surface area contributed by atoms with Crippen LogP contribution in [0.1, 0.15) is 42.1 Å². The number of hydrogen-bond donors (Lipinski definition) is 3. The van der Waals surface area contributed by atoms with Gasteiger partial charge in [0.1, 0.15) is 24.7 Å². The first kappa shape index (κ1) is 38.5.